The average molecular weight is 343 g/mol. The van der Waals surface area contributed by atoms with Crippen LogP contribution in [0.1, 0.15) is 41.1 Å². The zero-order valence-corrected chi connectivity index (χ0v) is 14.6. The second-order valence-electron chi connectivity index (χ2n) is 6.83. The van der Waals surface area contributed by atoms with E-state index in [1.54, 1.807) is 0 Å². The second-order valence-corrected chi connectivity index (χ2v) is 6.83. The van der Waals surface area contributed by atoms with Gasteiger partial charge in [-0.1, -0.05) is 96.2 Å². The molecule has 3 aromatic rings. The molecule has 3 nitrogen and oxygen atoms in total. The number of quaternary nitrogens is 1. The molecule has 0 spiro atoms. The molecule has 0 saturated carbocycles. The van der Waals surface area contributed by atoms with Crippen molar-refractivity contribution in [2.45, 2.75) is 24.4 Å². The Balaban J connectivity index is 1.78. The summed E-state index contributed by atoms with van der Waals surface area (Å²) in [5.41, 5.74) is 4.56. The van der Waals surface area contributed by atoms with Gasteiger partial charge < -0.3 is 10.5 Å². The van der Waals surface area contributed by atoms with Crippen molar-refractivity contribution in [2.75, 3.05) is 0 Å². The van der Waals surface area contributed by atoms with Crippen molar-refractivity contribution >= 4 is 5.71 Å². The van der Waals surface area contributed by atoms with Gasteiger partial charge in [0.15, 0.2) is 0 Å². The van der Waals surface area contributed by atoms with E-state index in [1.807, 2.05) is 18.2 Å². The third-order valence-corrected chi connectivity index (χ3v) is 5.29. The van der Waals surface area contributed by atoms with Crippen LogP contribution in [0.3, 0.4) is 0 Å². The molecule has 0 unspecified atom stereocenters. The Kier molecular flexibility index (Phi) is 4.80. The number of hydrogen-bond donors (Lipinski definition) is 2. The molecule has 1 aliphatic rings. The Hall–Kier alpha value is -2.91. The van der Waals surface area contributed by atoms with E-state index in [1.165, 1.54) is 16.7 Å². The van der Waals surface area contributed by atoms with Gasteiger partial charge in [0, 0.05) is 17.5 Å². The van der Waals surface area contributed by atoms with Crippen molar-refractivity contribution in [3.05, 3.63) is 108 Å². The molecule has 3 aromatic carbocycles. The smallest absolute Gasteiger partial charge is 0.124 e. The van der Waals surface area contributed by atoms with Gasteiger partial charge in [-0.3, -0.25) is 0 Å². The van der Waals surface area contributed by atoms with Crippen LogP contribution in [0.4, 0.5) is 0 Å². The van der Waals surface area contributed by atoms with Gasteiger partial charge in [-0.15, -0.1) is 0 Å². The van der Waals surface area contributed by atoms with Crippen LogP contribution in [0.25, 0.3) is 0 Å². The second kappa shape index (κ2) is 7.54. The zero-order valence-electron chi connectivity index (χ0n) is 14.6. The lowest BCUT2D eigenvalue weighted by molar-refractivity contribution is -0.738. The van der Waals surface area contributed by atoms with Gasteiger partial charge in [0.05, 0.1) is 11.6 Å². The van der Waals surface area contributed by atoms with Crippen molar-refractivity contribution in [1.82, 2.24) is 0 Å². The Morgan fingerprint density at radius 3 is 1.73 bits per heavy atom. The minimum atomic E-state index is 0.0589. The predicted molar refractivity (Wildman–Crippen MR) is 103 cm³/mol. The van der Waals surface area contributed by atoms with E-state index in [9.17, 15) is 5.21 Å². The van der Waals surface area contributed by atoms with E-state index < -0.39 is 0 Å². The molecule has 0 aromatic heterocycles. The number of nitrogens with two attached hydrogens (primary N) is 1. The van der Waals surface area contributed by atoms with Crippen molar-refractivity contribution in [2.24, 2.45) is 5.16 Å². The summed E-state index contributed by atoms with van der Waals surface area (Å²) in [6, 6.07) is 31.8. The van der Waals surface area contributed by atoms with Crippen LogP contribution in [0.5, 0.6) is 0 Å². The van der Waals surface area contributed by atoms with E-state index >= 15 is 0 Å². The Bertz CT molecular complexity index is 862. The highest BCUT2D eigenvalue weighted by molar-refractivity contribution is 5.92. The van der Waals surface area contributed by atoms with E-state index in [2.05, 4.69) is 83.3 Å². The minimum Gasteiger partial charge on any atom is -0.411 e. The molecule has 3 heteroatoms. The highest BCUT2D eigenvalue weighted by atomic mass is 16.4. The monoisotopic (exact) mass is 343 g/mol. The zero-order chi connectivity index (χ0) is 17.8. The Morgan fingerprint density at radius 2 is 1.19 bits per heavy atom. The molecular weight excluding hydrogens is 320 g/mol. The quantitative estimate of drug-likeness (QED) is 0.547. The van der Waals surface area contributed by atoms with Crippen LogP contribution in [0.15, 0.2) is 96.2 Å². The van der Waals surface area contributed by atoms with Gasteiger partial charge >= 0.3 is 0 Å². The van der Waals surface area contributed by atoms with Crippen molar-refractivity contribution < 1.29 is 10.5 Å². The molecule has 1 aliphatic heterocycles. The maximum atomic E-state index is 9.83. The summed E-state index contributed by atoms with van der Waals surface area (Å²) in [7, 11) is 0. The molecule has 0 aliphatic carbocycles. The fourth-order valence-corrected chi connectivity index (χ4v) is 4.06. The van der Waals surface area contributed by atoms with Crippen molar-refractivity contribution in [1.29, 1.82) is 0 Å². The maximum absolute atomic E-state index is 9.83. The normalized spacial score (nSPS) is 24.5. The largest absolute Gasteiger partial charge is 0.411 e. The van der Waals surface area contributed by atoms with Gasteiger partial charge in [-0.25, -0.2) is 0 Å². The number of hydrogen-bond acceptors (Lipinski definition) is 2. The average Bonchev–Trinajstić information content (AvgIpc) is 2.74. The maximum Gasteiger partial charge on any atom is 0.124 e. The molecule has 0 bridgehead atoms. The van der Waals surface area contributed by atoms with Crippen LogP contribution >= 0.6 is 0 Å². The molecule has 4 rings (SSSR count). The van der Waals surface area contributed by atoms with E-state index in [4.69, 9.17) is 0 Å². The number of oxime groups is 1. The van der Waals surface area contributed by atoms with Crippen LogP contribution in [-0.2, 0) is 0 Å². The minimum absolute atomic E-state index is 0.0589. The number of rotatable bonds is 3. The van der Waals surface area contributed by atoms with E-state index in [0.717, 1.165) is 12.1 Å². The summed E-state index contributed by atoms with van der Waals surface area (Å²) in [6.07, 6.45) is 0.739. The lowest BCUT2D eigenvalue weighted by Crippen LogP contribution is -2.89. The van der Waals surface area contributed by atoms with Gasteiger partial charge in [-0.2, -0.15) is 0 Å². The van der Waals surface area contributed by atoms with Crippen LogP contribution in [0, 0.1) is 0 Å². The summed E-state index contributed by atoms with van der Waals surface area (Å²) in [6.45, 7) is 0. The summed E-state index contributed by atoms with van der Waals surface area (Å²) in [5, 5.41) is 16.0. The topological polar surface area (TPSA) is 49.2 Å². The molecule has 1 heterocycles. The SMILES string of the molecule is ON=C1C[C@@H](c2ccccc2)[NH2+][C@@H](c2ccccc2)[C@H]1c1ccccc1. The number of benzene rings is 3. The van der Waals surface area contributed by atoms with E-state index in [0.29, 0.717) is 0 Å². The standard InChI is InChI=1S/C23H22N2O/c26-25-21-16-20(17-10-4-1-5-11-17)24-23(19-14-8-3-9-15-19)22(21)18-12-6-2-7-13-18/h1-15,20,22-24,26H,16H2/p+1/t20-,22-,23-/m0/s1. The molecule has 1 fully saturated rings. The summed E-state index contributed by atoms with van der Waals surface area (Å²) in [4.78, 5) is 0. The first-order chi connectivity index (χ1) is 12.9. The van der Waals surface area contributed by atoms with Crippen molar-refractivity contribution in [3.63, 3.8) is 0 Å². The molecule has 26 heavy (non-hydrogen) atoms. The predicted octanol–water partition coefficient (Wildman–Crippen LogP) is 4.05. The van der Waals surface area contributed by atoms with Crippen LogP contribution in [0.2, 0.25) is 0 Å². The fourth-order valence-electron chi connectivity index (χ4n) is 4.06. The first-order valence-corrected chi connectivity index (χ1v) is 9.07. The lowest BCUT2D eigenvalue weighted by atomic mass is 9.77. The van der Waals surface area contributed by atoms with Crippen molar-refractivity contribution in [3.8, 4) is 0 Å². The van der Waals surface area contributed by atoms with E-state index in [-0.39, 0.29) is 18.0 Å². The highest BCUT2D eigenvalue weighted by Crippen LogP contribution is 2.36. The number of nitrogens with zero attached hydrogens (tertiary/aromatic N) is 1. The molecular formula is C23H23N2O+. The molecule has 1 saturated heterocycles. The highest BCUT2D eigenvalue weighted by Gasteiger charge is 2.41. The molecule has 3 atom stereocenters. The summed E-state index contributed by atoms with van der Waals surface area (Å²) >= 11 is 0. The summed E-state index contributed by atoms with van der Waals surface area (Å²) < 4.78 is 0. The first-order valence-electron chi connectivity index (χ1n) is 9.07. The summed E-state index contributed by atoms with van der Waals surface area (Å²) in [5.74, 6) is 0.0589. The van der Waals surface area contributed by atoms with Gasteiger partial charge in [0.25, 0.3) is 0 Å². The Labute approximate surface area is 154 Å². The third kappa shape index (κ3) is 3.26. The molecule has 0 radical (unpaired) electrons. The van der Waals surface area contributed by atoms with Crippen LogP contribution in [-0.4, -0.2) is 10.9 Å². The number of piperidine rings is 1. The van der Waals surface area contributed by atoms with Crippen LogP contribution < -0.4 is 5.32 Å². The molecule has 0 amide bonds. The van der Waals surface area contributed by atoms with Gasteiger partial charge in [0.2, 0.25) is 0 Å². The van der Waals surface area contributed by atoms with Gasteiger partial charge in [-0.05, 0) is 5.56 Å². The molecule has 3 N–H and O–H groups in total. The fraction of sp³-hybridized carbons (Fsp3) is 0.174. The first kappa shape index (κ1) is 16.6. The third-order valence-electron chi connectivity index (χ3n) is 5.29. The molecule has 130 valence electrons. The lowest BCUT2D eigenvalue weighted by Gasteiger charge is -2.35. The van der Waals surface area contributed by atoms with Gasteiger partial charge in [0.1, 0.15) is 12.1 Å². The Morgan fingerprint density at radius 1 is 0.692 bits per heavy atom.